The first-order chi connectivity index (χ1) is 11.5. The van der Waals surface area contributed by atoms with Gasteiger partial charge in [0.1, 0.15) is 11.5 Å². The summed E-state index contributed by atoms with van der Waals surface area (Å²) in [4.78, 5) is 12.3. The molecule has 126 valence electrons. The fourth-order valence-corrected chi connectivity index (χ4v) is 4.15. The third-order valence-corrected chi connectivity index (χ3v) is 5.79. The molecule has 0 saturated carbocycles. The quantitative estimate of drug-likeness (QED) is 0.849. The Morgan fingerprint density at radius 1 is 0.958 bits per heavy atom. The molecule has 0 atom stereocenters. The molecule has 24 heavy (non-hydrogen) atoms. The summed E-state index contributed by atoms with van der Waals surface area (Å²) in [5.74, 6) is 1.00. The number of hydrogen-bond donors (Lipinski definition) is 0. The lowest BCUT2D eigenvalue weighted by atomic mass is 10.0. The van der Waals surface area contributed by atoms with E-state index in [-0.39, 0.29) is 23.6 Å². The van der Waals surface area contributed by atoms with Crippen LogP contribution in [0, 0.1) is 0 Å². The Morgan fingerprint density at radius 3 is 2.21 bits per heavy atom. The Balaban J connectivity index is 2.06. The third-order valence-electron chi connectivity index (χ3n) is 3.96. The van der Waals surface area contributed by atoms with Crippen molar-refractivity contribution in [1.82, 2.24) is 0 Å². The predicted octanol–water partition coefficient (Wildman–Crippen LogP) is 2.49. The van der Waals surface area contributed by atoms with Crippen molar-refractivity contribution in [2.75, 3.05) is 25.1 Å². The van der Waals surface area contributed by atoms with Crippen LogP contribution < -0.4 is 13.8 Å². The molecule has 6 nitrogen and oxygen atoms in total. The molecular formula is C17H17NO5S. The zero-order chi connectivity index (χ0) is 17.3. The zero-order valence-corrected chi connectivity index (χ0v) is 14.2. The van der Waals surface area contributed by atoms with Gasteiger partial charge in [-0.15, -0.1) is 0 Å². The van der Waals surface area contributed by atoms with Crippen molar-refractivity contribution in [2.45, 2.75) is 11.3 Å². The number of Topliss-reactive ketones (excluding diaryl/α,β-unsaturated/α-hetero) is 1. The molecule has 0 aromatic heterocycles. The van der Waals surface area contributed by atoms with E-state index < -0.39 is 10.0 Å². The van der Waals surface area contributed by atoms with E-state index in [0.29, 0.717) is 22.7 Å². The second-order valence-electron chi connectivity index (χ2n) is 5.31. The minimum Gasteiger partial charge on any atom is -0.497 e. The summed E-state index contributed by atoms with van der Waals surface area (Å²) in [5.41, 5.74) is 0.737. The maximum Gasteiger partial charge on any atom is 0.264 e. The van der Waals surface area contributed by atoms with Crippen molar-refractivity contribution in [3.8, 4) is 11.5 Å². The molecule has 1 aliphatic heterocycles. The van der Waals surface area contributed by atoms with Gasteiger partial charge in [0, 0.05) is 18.5 Å². The van der Waals surface area contributed by atoms with Crippen LogP contribution in [0.2, 0.25) is 0 Å². The molecule has 0 aliphatic carbocycles. The summed E-state index contributed by atoms with van der Waals surface area (Å²) in [7, 11) is -0.741. The van der Waals surface area contributed by atoms with E-state index in [0.717, 1.165) is 0 Å². The number of anilines is 1. The average molecular weight is 347 g/mol. The molecule has 0 saturated heterocycles. The monoisotopic (exact) mass is 347 g/mol. The van der Waals surface area contributed by atoms with Gasteiger partial charge in [-0.2, -0.15) is 0 Å². The summed E-state index contributed by atoms with van der Waals surface area (Å²) in [6.07, 6.45) is 0.134. The summed E-state index contributed by atoms with van der Waals surface area (Å²) in [5, 5.41) is 0. The smallest absolute Gasteiger partial charge is 0.264 e. The van der Waals surface area contributed by atoms with Gasteiger partial charge in [-0.3, -0.25) is 9.10 Å². The normalized spacial score (nSPS) is 14.2. The highest BCUT2D eigenvalue weighted by Crippen LogP contribution is 2.34. The first kappa shape index (κ1) is 16.3. The third kappa shape index (κ3) is 2.71. The van der Waals surface area contributed by atoms with Gasteiger partial charge in [-0.25, -0.2) is 8.42 Å². The van der Waals surface area contributed by atoms with Gasteiger partial charge < -0.3 is 9.47 Å². The minimum absolute atomic E-state index is 0.0925. The molecule has 7 heteroatoms. The van der Waals surface area contributed by atoms with E-state index in [1.54, 1.807) is 30.3 Å². The highest BCUT2D eigenvalue weighted by atomic mass is 32.2. The second kappa shape index (κ2) is 6.16. The second-order valence-corrected chi connectivity index (χ2v) is 7.17. The Kier molecular flexibility index (Phi) is 4.19. The first-order valence-corrected chi connectivity index (χ1v) is 8.79. The molecule has 3 rings (SSSR count). The van der Waals surface area contributed by atoms with Crippen molar-refractivity contribution in [1.29, 1.82) is 0 Å². The van der Waals surface area contributed by atoms with Gasteiger partial charge in [0.15, 0.2) is 5.78 Å². The van der Waals surface area contributed by atoms with Crippen molar-refractivity contribution in [2.24, 2.45) is 0 Å². The molecule has 1 aliphatic rings. The summed E-state index contributed by atoms with van der Waals surface area (Å²) >= 11 is 0. The van der Waals surface area contributed by atoms with E-state index in [2.05, 4.69) is 0 Å². The molecular weight excluding hydrogens is 330 g/mol. The average Bonchev–Trinajstić information content (AvgIpc) is 2.61. The topological polar surface area (TPSA) is 72.9 Å². The number of carbonyl (C=O) groups excluding carboxylic acids is 1. The number of hydrogen-bond acceptors (Lipinski definition) is 5. The van der Waals surface area contributed by atoms with Gasteiger partial charge in [0.05, 0.1) is 24.8 Å². The lowest BCUT2D eigenvalue weighted by molar-refractivity contribution is 0.0981. The molecule has 0 spiro atoms. The molecule has 0 radical (unpaired) electrons. The molecule has 0 N–H and O–H groups in total. The summed E-state index contributed by atoms with van der Waals surface area (Å²) in [6.45, 7) is 0.118. The number of rotatable bonds is 4. The van der Waals surface area contributed by atoms with Gasteiger partial charge in [0.25, 0.3) is 10.0 Å². The number of ketones is 1. The van der Waals surface area contributed by atoms with Crippen LogP contribution in [-0.4, -0.2) is 35.0 Å². The molecule has 0 unspecified atom stereocenters. The Morgan fingerprint density at radius 2 is 1.58 bits per heavy atom. The van der Waals surface area contributed by atoms with Crippen LogP contribution in [0.4, 0.5) is 5.69 Å². The molecule has 2 aromatic carbocycles. The van der Waals surface area contributed by atoms with Crippen molar-refractivity contribution >= 4 is 21.5 Å². The number of nitrogens with zero attached hydrogens (tertiary/aromatic N) is 1. The van der Waals surface area contributed by atoms with Crippen molar-refractivity contribution in [3.63, 3.8) is 0 Å². The number of carbonyl (C=O) groups is 1. The SMILES string of the molecule is COc1ccc(S(=O)(=O)N2CCC(=O)c3cc(OC)ccc32)cc1. The number of methoxy groups -OCH3 is 2. The molecule has 2 aromatic rings. The van der Waals surface area contributed by atoms with Gasteiger partial charge in [0.2, 0.25) is 0 Å². The zero-order valence-electron chi connectivity index (χ0n) is 13.4. The lowest BCUT2D eigenvalue weighted by Gasteiger charge is -2.30. The molecule has 1 heterocycles. The van der Waals surface area contributed by atoms with Crippen molar-refractivity contribution in [3.05, 3.63) is 48.0 Å². The number of fused-ring (bicyclic) bond motifs is 1. The maximum absolute atomic E-state index is 13.0. The number of benzene rings is 2. The van der Waals surface area contributed by atoms with Crippen LogP contribution in [0.1, 0.15) is 16.8 Å². The van der Waals surface area contributed by atoms with Crippen LogP contribution >= 0.6 is 0 Å². The highest BCUT2D eigenvalue weighted by molar-refractivity contribution is 7.92. The largest absolute Gasteiger partial charge is 0.497 e. The van der Waals surface area contributed by atoms with Crippen LogP contribution in [0.3, 0.4) is 0 Å². The van der Waals surface area contributed by atoms with E-state index in [4.69, 9.17) is 9.47 Å². The fourth-order valence-electron chi connectivity index (χ4n) is 2.67. The van der Waals surface area contributed by atoms with Crippen LogP contribution in [0.5, 0.6) is 11.5 Å². The van der Waals surface area contributed by atoms with E-state index in [9.17, 15) is 13.2 Å². The highest BCUT2D eigenvalue weighted by Gasteiger charge is 2.32. The van der Waals surface area contributed by atoms with Crippen LogP contribution in [-0.2, 0) is 10.0 Å². The molecule has 0 bridgehead atoms. The number of ether oxygens (including phenoxy) is 2. The fraction of sp³-hybridized carbons (Fsp3) is 0.235. The van der Waals surface area contributed by atoms with Crippen LogP contribution in [0.15, 0.2) is 47.4 Å². The van der Waals surface area contributed by atoms with Gasteiger partial charge in [-0.05, 0) is 42.5 Å². The first-order valence-electron chi connectivity index (χ1n) is 7.35. The Bertz CT molecular complexity index is 874. The summed E-state index contributed by atoms with van der Waals surface area (Å²) < 4.78 is 37.4. The van der Waals surface area contributed by atoms with Gasteiger partial charge >= 0.3 is 0 Å². The Labute approximate surface area is 140 Å². The standard InChI is InChI=1S/C17H17NO5S/c1-22-12-3-6-14(7-4-12)24(20,21)18-10-9-17(19)15-11-13(23-2)5-8-16(15)18/h3-8,11H,9-10H2,1-2H3. The minimum atomic E-state index is -3.76. The summed E-state index contributed by atoms with van der Waals surface area (Å²) in [6, 6.07) is 11.0. The van der Waals surface area contributed by atoms with Crippen LogP contribution in [0.25, 0.3) is 0 Å². The molecule has 0 amide bonds. The van der Waals surface area contributed by atoms with Crippen molar-refractivity contribution < 1.29 is 22.7 Å². The Hall–Kier alpha value is -2.54. The van der Waals surface area contributed by atoms with E-state index in [1.165, 1.54) is 30.7 Å². The lowest BCUT2D eigenvalue weighted by Crippen LogP contribution is -2.37. The predicted molar refractivity (Wildman–Crippen MR) is 89.5 cm³/mol. The number of sulfonamides is 1. The van der Waals surface area contributed by atoms with Gasteiger partial charge in [-0.1, -0.05) is 0 Å². The maximum atomic E-state index is 13.0. The van der Waals surface area contributed by atoms with E-state index >= 15 is 0 Å². The van der Waals surface area contributed by atoms with E-state index in [1.807, 2.05) is 0 Å². The molecule has 0 fully saturated rings.